The molecule has 14 heavy (non-hydrogen) atoms. The van der Waals surface area contributed by atoms with E-state index in [4.69, 9.17) is 0 Å². The maximum atomic E-state index is 2.28. The molecule has 0 amide bonds. The summed E-state index contributed by atoms with van der Waals surface area (Å²) in [7, 11) is 0. The predicted molar refractivity (Wildman–Crippen MR) is 61.9 cm³/mol. The van der Waals surface area contributed by atoms with E-state index < -0.39 is 0 Å². The van der Waals surface area contributed by atoms with Crippen molar-refractivity contribution in [2.24, 2.45) is 0 Å². The summed E-state index contributed by atoms with van der Waals surface area (Å²) in [5.41, 5.74) is 5.56. The van der Waals surface area contributed by atoms with Crippen LogP contribution in [0.25, 0.3) is 11.1 Å². The van der Waals surface area contributed by atoms with E-state index >= 15 is 0 Å². The van der Waals surface area contributed by atoms with Gasteiger partial charge in [0.2, 0.25) is 0 Å². The normalized spacial score (nSPS) is 11.1. The van der Waals surface area contributed by atoms with E-state index in [9.17, 15) is 0 Å². The van der Waals surface area contributed by atoms with Gasteiger partial charge in [0, 0.05) is 0 Å². The Hall–Kier alpha value is -1.30. The van der Waals surface area contributed by atoms with Gasteiger partial charge in [-0.2, -0.15) is 0 Å². The monoisotopic (exact) mass is 184 g/mol. The Bertz CT molecular complexity index is 413. The first-order valence-electron chi connectivity index (χ1n) is 5.18. The summed E-state index contributed by atoms with van der Waals surface area (Å²) >= 11 is 0. The van der Waals surface area contributed by atoms with E-state index in [1.807, 2.05) is 0 Å². The predicted octanol–water partition coefficient (Wildman–Crippen LogP) is 4.22. The highest BCUT2D eigenvalue weighted by Gasteiger charge is 2.09. The second-order valence-electron chi connectivity index (χ2n) is 4.23. The lowest BCUT2D eigenvalue weighted by Gasteiger charge is -2.06. The third kappa shape index (κ3) is 1.52. The van der Waals surface area contributed by atoms with Gasteiger partial charge in [-0.15, -0.1) is 0 Å². The van der Waals surface area contributed by atoms with Crippen molar-refractivity contribution in [3.8, 4) is 11.1 Å². The van der Waals surface area contributed by atoms with Crippen LogP contribution in [0, 0.1) is 6.92 Å². The van der Waals surface area contributed by atoms with E-state index in [0.29, 0.717) is 5.92 Å². The number of aryl methyl sites for hydroxylation is 1. The van der Waals surface area contributed by atoms with Crippen LogP contribution in [0.3, 0.4) is 0 Å². The minimum absolute atomic E-state index is 0.590. The SMILES string of the molecule is Cc1cc2ccccc(C(C)C)c-2c1. The van der Waals surface area contributed by atoms with E-state index in [2.05, 4.69) is 57.2 Å². The van der Waals surface area contributed by atoms with Crippen LogP contribution in [0.4, 0.5) is 0 Å². The van der Waals surface area contributed by atoms with E-state index in [-0.39, 0.29) is 0 Å². The Balaban J connectivity index is 2.70. The average Bonchev–Trinajstić information content (AvgIpc) is 2.35. The van der Waals surface area contributed by atoms with E-state index in [1.165, 1.54) is 22.3 Å². The fourth-order valence-electron chi connectivity index (χ4n) is 1.98. The Labute approximate surface area is 85.9 Å². The van der Waals surface area contributed by atoms with Crippen LogP contribution >= 0.6 is 0 Å². The molecule has 0 heterocycles. The number of hydrogen-bond acceptors (Lipinski definition) is 0. The molecule has 0 saturated carbocycles. The molecule has 0 N–H and O–H groups in total. The van der Waals surface area contributed by atoms with Gasteiger partial charge in [-0.3, -0.25) is 0 Å². The highest BCUT2D eigenvalue weighted by molar-refractivity contribution is 5.71. The summed E-state index contributed by atoms with van der Waals surface area (Å²) in [5.74, 6) is 0.590. The topological polar surface area (TPSA) is 0 Å². The molecule has 0 aromatic heterocycles. The van der Waals surface area contributed by atoms with Crippen LogP contribution in [0.2, 0.25) is 0 Å². The van der Waals surface area contributed by atoms with Crippen LogP contribution in [0.15, 0.2) is 36.4 Å². The zero-order valence-electron chi connectivity index (χ0n) is 9.04. The Morgan fingerprint density at radius 1 is 1.00 bits per heavy atom. The Kier molecular flexibility index (Phi) is 2.28. The first-order valence-corrected chi connectivity index (χ1v) is 5.18. The van der Waals surface area contributed by atoms with Gasteiger partial charge in [-0.25, -0.2) is 0 Å². The molecule has 0 heteroatoms. The third-order valence-electron chi connectivity index (χ3n) is 2.66. The molecule has 2 aliphatic rings. The third-order valence-corrected chi connectivity index (χ3v) is 2.66. The molecular weight excluding hydrogens is 168 g/mol. The maximum absolute atomic E-state index is 2.28. The second-order valence-corrected chi connectivity index (χ2v) is 4.23. The molecule has 0 aromatic carbocycles. The van der Waals surface area contributed by atoms with Crippen molar-refractivity contribution in [3.05, 3.63) is 47.5 Å². The summed E-state index contributed by atoms with van der Waals surface area (Å²) in [6.45, 7) is 6.65. The minimum atomic E-state index is 0.590. The van der Waals surface area contributed by atoms with Gasteiger partial charge < -0.3 is 0 Å². The molecule has 72 valence electrons. The van der Waals surface area contributed by atoms with E-state index in [1.54, 1.807) is 0 Å². The van der Waals surface area contributed by atoms with Crippen LogP contribution in [-0.4, -0.2) is 0 Å². The lowest BCUT2D eigenvalue weighted by atomic mass is 9.98. The molecule has 0 fully saturated rings. The molecule has 0 aromatic rings. The summed E-state index contributed by atoms with van der Waals surface area (Å²) in [6.07, 6.45) is 0. The first kappa shape index (κ1) is 9.26. The number of hydrogen-bond donors (Lipinski definition) is 0. The lowest BCUT2D eigenvalue weighted by molar-refractivity contribution is 0.871. The van der Waals surface area contributed by atoms with Crippen molar-refractivity contribution in [1.29, 1.82) is 0 Å². The summed E-state index contributed by atoms with van der Waals surface area (Å²) in [5, 5.41) is 0. The van der Waals surface area contributed by atoms with Gasteiger partial charge in [0.05, 0.1) is 0 Å². The van der Waals surface area contributed by atoms with Crippen molar-refractivity contribution in [2.75, 3.05) is 0 Å². The molecule has 0 aliphatic heterocycles. The zero-order valence-corrected chi connectivity index (χ0v) is 9.04. The molecule has 2 rings (SSSR count). The molecule has 0 radical (unpaired) electrons. The van der Waals surface area contributed by atoms with Gasteiger partial charge in [0.25, 0.3) is 0 Å². The maximum Gasteiger partial charge on any atom is -0.0147 e. The van der Waals surface area contributed by atoms with Crippen molar-refractivity contribution in [3.63, 3.8) is 0 Å². The number of fused-ring (bicyclic) bond motifs is 1. The van der Waals surface area contributed by atoms with Crippen LogP contribution in [0.1, 0.15) is 30.9 Å². The summed E-state index contributed by atoms with van der Waals surface area (Å²) < 4.78 is 0. The Morgan fingerprint density at radius 3 is 2.43 bits per heavy atom. The average molecular weight is 184 g/mol. The van der Waals surface area contributed by atoms with Crippen molar-refractivity contribution < 1.29 is 0 Å². The van der Waals surface area contributed by atoms with Crippen LogP contribution < -0.4 is 0 Å². The molecule has 2 aliphatic carbocycles. The molecule has 0 atom stereocenters. The fourth-order valence-corrected chi connectivity index (χ4v) is 1.98. The number of rotatable bonds is 1. The summed E-state index contributed by atoms with van der Waals surface area (Å²) in [6, 6.07) is 13.2. The molecule has 0 spiro atoms. The molecule has 0 saturated heterocycles. The van der Waals surface area contributed by atoms with Gasteiger partial charge in [-0.1, -0.05) is 50.2 Å². The zero-order chi connectivity index (χ0) is 10.1. The van der Waals surface area contributed by atoms with Gasteiger partial charge >= 0.3 is 0 Å². The van der Waals surface area contributed by atoms with Gasteiger partial charge in [0.1, 0.15) is 0 Å². The molecular formula is C14H16. The Morgan fingerprint density at radius 2 is 1.71 bits per heavy atom. The minimum Gasteiger partial charge on any atom is -0.0619 e. The lowest BCUT2D eigenvalue weighted by Crippen LogP contribution is -1.86. The molecule has 0 bridgehead atoms. The standard InChI is InChI=1S/C14H16/c1-10(2)13-7-5-4-6-12-8-11(3)9-14(12)13/h4-10H,1-3H3. The highest BCUT2D eigenvalue weighted by atomic mass is 14.1. The second kappa shape index (κ2) is 3.45. The quantitative estimate of drug-likeness (QED) is 0.622. The van der Waals surface area contributed by atoms with Crippen LogP contribution in [0.5, 0.6) is 0 Å². The smallest absolute Gasteiger partial charge is 0.0147 e. The molecule has 0 unspecified atom stereocenters. The molecule has 0 nitrogen and oxygen atoms in total. The first-order chi connectivity index (χ1) is 6.68. The largest absolute Gasteiger partial charge is 0.0619 e. The fraction of sp³-hybridized carbons (Fsp3) is 0.286. The van der Waals surface area contributed by atoms with Crippen molar-refractivity contribution >= 4 is 0 Å². The van der Waals surface area contributed by atoms with Crippen LogP contribution in [-0.2, 0) is 0 Å². The summed E-state index contributed by atoms with van der Waals surface area (Å²) in [4.78, 5) is 0. The van der Waals surface area contributed by atoms with Gasteiger partial charge in [0.15, 0.2) is 0 Å². The van der Waals surface area contributed by atoms with Crippen molar-refractivity contribution in [1.82, 2.24) is 0 Å². The van der Waals surface area contributed by atoms with Crippen molar-refractivity contribution in [2.45, 2.75) is 26.7 Å². The van der Waals surface area contributed by atoms with Gasteiger partial charge in [-0.05, 0) is 35.1 Å². The van der Waals surface area contributed by atoms with E-state index in [0.717, 1.165) is 0 Å². The highest BCUT2D eigenvalue weighted by Crippen LogP contribution is 2.32.